The van der Waals surface area contributed by atoms with Gasteiger partial charge in [-0.05, 0) is 38.1 Å². The summed E-state index contributed by atoms with van der Waals surface area (Å²) in [5, 5.41) is 3.40. The Hall–Kier alpha value is -0.330. The van der Waals surface area contributed by atoms with Crippen molar-refractivity contribution in [3.05, 3.63) is 0 Å². The van der Waals surface area contributed by atoms with Gasteiger partial charge in [-0.2, -0.15) is 13.2 Å². The monoisotopic (exact) mass is 283 g/mol. The number of halogens is 3. The van der Waals surface area contributed by atoms with Crippen molar-refractivity contribution in [3.63, 3.8) is 0 Å². The quantitative estimate of drug-likeness (QED) is 0.695. The molecular weight excluding hydrogens is 259 g/mol. The number of hydrogen-bond donors (Lipinski definition) is 1. The molecule has 0 aromatic carbocycles. The van der Waals surface area contributed by atoms with Crippen molar-refractivity contribution in [2.24, 2.45) is 5.92 Å². The summed E-state index contributed by atoms with van der Waals surface area (Å²) in [5.74, 6) is 0.384. The van der Waals surface area contributed by atoms with E-state index in [1.165, 1.54) is 0 Å². The van der Waals surface area contributed by atoms with Crippen LogP contribution in [0, 0.1) is 5.92 Å². The molecule has 3 nitrogen and oxygen atoms in total. The Balaban J connectivity index is 2.28. The Kier molecular flexibility index (Phi) is 7.71. The van der Waals surface area contributed by atoms with Crippen molar-refractivity contribution in [1.29, 1.82) is 0 Å². The van der Waals surface area contributed by atoms with Crippen LogP contribution >= 0.6 is 0 Å². The first-order valence-corrected chi connectivity index (χ1v) is 6.98. The lowest BCUT2D eigenvalue weighted by atomic mass is 9.91. The minimum Gasteiger partial charge on any atom is -0.381 e. The van der Waals surface area contributed by atoms with Gasteiger partial charge >= 0.3 is 6.18 Å². The van der Waals surface area contributed by atoms with E-state index in [1.54, 1.807) is 0 Å². The largest absolute Gasteiger partial charge is 0.411 e. The van der Waals surface area contributed by atoms with Crippen LogP contribution in [0.1, 0.15) is 32.6 Å². The summed E-state index contributed by atoms with van der Waals surface area (Å²) >= 11 is 0. The maximum absolute atomic E-state index is 12.0. The fourth-order valence-corrected chi connectivity index (χ4v) is 2.32. The molecule has 0 spiro atoms. The molecule has 0 bridgehead atoms. The third-order valence-electron chi connectivity index (χ3n) is 3.26. The normalized spacial score (nSPS) is 22.4. The molecular formula is C13H24F3NO2. The van der Waals surface area contributed by atoms with Crippen LogP contribution in [0.4, 0.5) is 13.2 Å². The highest BCUT2D eigenvalue weighted by atomic mass is 19.4. The van der Waals surface area contributed by atoms with Crippen LogP contribution in [0.2, 0.25) is 0 Å². The Morgan fingerprint density at radius 1 is 1.42 bits per heavy atom. The molecule has 0 aromatic rings. The van der Waals surface area contributed by atoms with Crippen molar-refractivity contribution in [3.8, 4) is 0 Å². The fraction of sp³-hybridized carbons (Fsp3) is 1.00. The second-order valence-corrected chi connectivity index (χ2v) is 4.99. The second kappa shape index (κ2) is 8.76. The van der Waals surface area contributed by atoms with E-state index in [4.69, 9.17) is 9.47 Å². The summed E-state index contributed by atoms with van der Waals surface area (Å²) < 4.78 is 46.1. The van der Waals surface area contributed by atoms with Gasteiger partial charge in [-0.1, -0.05) is 6.92 Å². The average molecular weight is 283 g/mol. The smallest absolute Gasteiger partial charge is 0.381 e. The van der Waals surface area contributed by atoms with E-state index in [2.05, 4.69) is 12.2 Å². The van der Waals surface area contributed by atoms with Crippen LogP contribution in [0.15, 0.2) is 0 Å². The first-order chi connectivity index (χ1) is 9.03. The number of ether oxygens (including phenoxy) is 2. The van der Waals surface area contributed by atoms with Gasteiger partial charge in [0, 0.05) is 19.3 Å². The topological polar surface area (TPSA) is 30.5 Å². The van der Waals surface area contributed by atoms with E-state index in [-0.39, 0.29) is 12.6 Å². The molecule has 1 aliphatic heterocycles. The highest BCUT2D eigenvalue weighted by Crippen LogP contribution is 2.20. The lowest BCUT2D eigenvalue weighted by Gasteiger charge is -2.31. The Morgan fingerprint density at radius 2 is 2.21 bits per heavy atom. The van der Waals surface area contributed by atoms with Crippen molar-refractivity contribution in [1.82, 2.24) is 5.32 Å². The molecule has 0 aromatic heterocycles. The van der Waals surface area contributed by atoms with E-state index in [1.807, 2.05) is 0 Å². The molecule has 0 aliphatic carbocycles. The molecule has 1 fully saturated rings. The van der Waals surface area contributed by atoms with Crippen LogP contribution in [0.25, 0.3) is 0 Å². The summed E-state index contributed by atoms with van der Waals surface area (Å²) in [5.41, 5.74) is 0. The SMILES string of the molecule is CCCNC(CCOCC(F)(F)F)C1CCCOC1. The van der Waals surface area contributed by atoms with Gasteiger partial charge in [0.05, 0.1) is 6.61 Å². The van der Waals surface area contributed by atoms with Gasteiger partial charge in [0.1, 0.15) is 6.61 Å². The minimum absolute atomic E-state index is 0.136. The third-order valence-corrected chi connectivity index (χ3v) is 3.26. The van der Waals surface area contributed by atoms with Gasteiger partial charge in [-0.15, -0.1) is 0 Å². The van der Waals surface area contributed by atoms with E-state index in [0.717, 1.165) is 32.4 Å². The van der Waals surface area contributed by atoms with E-state index < -0.39 is 12.8 Å². The molecule has 2 unspecified atom stereocenters. The lowest BCUT2D eigenvalue weighted by molar-refractivity contribution is -0.174. The van der Waals surface area contributed by atoms with Crippen molar-refractivity contribution in [2.75, 3.05) is 33.0 Å². The molecule has 1 saturated heterocycles. The average Bonchev–Trinajstić information content (AvgIpc) is 2.38. The zero-order chi connectivity index (χ0) is 14.1. The standard InChI is InChI=1S/C13H24F3NO2/c1-2-6-17-12(11-4-3-7-18-9-11)5-8-19-10-13(14,15)16/h11-12,17H,2-10H2,1H3. The minimum atomic E-state index is -4.24. The van der Waals surface area contributed by atoms with Crippen LogP contribution in [0.3, 0.4) is 0 Å². The maximum Gasteiger partial charge on any atom is 0.411 e. The molecule has 2 atom stereocenters. The van der Waals surface area contributed by atoms with Gasteiger partial charge in [0.2, 0.25) is 0 Å². The first kappa shape index (κ1) is 16.7. The predicted molar refractivity (Wildman–Crippen MR) is 67.1 cm³/mol. The molecule has 1 aliphatic rings. The van der Waals surface area contributed by atoms with Crippen molar-refractivity contribution in [2.45, 2.75) is 44.8 Å². The van der Waals surface area contributed by atoms with E-state index >= 15 is 0 Å². The molecule has 6 heteroatoms. The van der Waals surface area contributed by atoms with Crippen molar-refractivity contribution >= 4 is 0 Å². The molecule has 0 saturated carbocycles. The predicted octanol–water partition coefficient (Wildman–Crippen LogP) is 2.75. The molecule has 0 radical (unpaired) electrons. The Morgan fingerprint density at radius 3 is 2.79 bits per heavy atom. The van der Waals surface area contributed by atoms with Gasteiger partial charge in [0.25, 0.3) is 0 Å². The highest BCUT2D eigenvalue weighted by Gasteiger charge is 2.28. The van der Waals surface area contributed by atoms with Crippen LogP contribution < -0.4 is 5.32 Å². The van der Waals surface area contributed by atoms with E-state index in [0.29, 0.717) is 18.9 Å². The molecule has 19 heavy (non-hydrogen) atoms. The maximum atomic E-state index is 12.0. The van der Waals surface area contributed by atoms with Gasteiger partial charge < -0.3 is 14.8 Å². The van der Waals surface area contributed by atoms with Crippen molar-refractivity contribution < 1.29 is 22.6 Å². The molecule has 114 valence electrons. The van der Waals surface area contributed by atoms with Crippen LogP contribution in [-0.4, -0.2) is 45.2 Å². The summed E-state index contributed by atoms with van der Waals surface area (Å²) in [6.45, 7) is 3.41. The summed E-state index contributed by atoms with van der Waals surface area (Å²) in [7, 11) is 0. The second-order valence-electron chi connectivity index (χ2n) is 4.99. The Bertz CT molecular complexity index is 230. The molecule has 0 amide bonds. The number of nitrogens with one attached hydrogen (secondary N) is 1. The number of rotatable bonds is 8. The highest BCUT2D eigenvalue weighted by molar-refractivity contribution is 4.78. The van der Waals surface area contributed by atoms with Crippen LogP contribution in [0.5, 0.6) is 0 Å². The zero-order valence-corrected chi connectivity index (χ0v) is 11.5. The van der Waals surface area contributed by atoms with Gasteiger partial charge in [-0.25, -0.2) is 0 Å². The summed E-state index contributed by atoms with van der Waals surface area (Å²) in [6, 6.07) is 0.188. The zero-order valence-electron chi connectivity index (χ0n) is 11.5. The summed E-state index contributed by atoms with van der Waals surface area (Å²) in [4.78, 5) is 0. The molecule has 1 rings (SSSR count). The van der Waals surface area contributed by atoms with Gasteiger partial charge in [-0.3, -0.25) is 0 Å². The molecule has 1 N–H and O–H groups in total. The van der Waals surface area contributed by atoms with Gasteiger partial charge in [0.15, 0.2) is 0 Å². The number of hydrogen-bond acceptors (Lipinski definition) is 3. The van der Waals surface area contributed by atoms with Crippen LogP contribution in [-0.2, 0) is 9.47 Å². The first-order valence-electron chi connectivity index (χ1n) is 6.98. The third kappa shape index (κ3) is 7.74. The van der Waals surface area contributed by atoms with E-state index in [9.17, 15) is 13.2 Å². The summed E-state index contributed by atoms with van der Waals surface area (Å²) in [6.07, 6.45) is -0.531. The number of alkyl halides is 3. The lowest BCUT2D eigenvalue weighted by Crippen LogP contribution is -2.41. The fourth-order valence-electron chi connectivity index (χ4n) is 2.32. The Labute approximate surface area is 112 Å². The molecule has 1 heterocycles.